The van der Waals surface area contributed by atoms with E-state index in [9.17, 15) is 0 Å². The summed E-state index contributed by atoms with van der Waals surface area (Å²) in [5, 5.41) is 1.22. The molecule has 3 heteroatoms. The lowest BCUT2D eigenvalue weighted by Crippen LogP contribution is -2.33. The fourth-order valence-electron chi connectivity index (χ4n) is 3.49. The molecule has 2 N–H and O–H groups in total. The number of hydrogen-bond donors (Lipinski definition) is 1. The average molecular weight is 272 g/mol. The Bertz CT molecular complexity index is 588. The number of nitrogens with two attached hydrogens (primary N) is 1. The number of rotatable bonds is 4. The van der Waals surface area contributed by atoms with Gasteiger partial charge in [-0.15, -0.1) is 0 Å². The maximum Gasteiger partial charge on any atom is 0.134 e. The second-order valence-electron chi connectivity index (χ2n) is 6.13. The third kappa shape index (κ3) is 2.36. The van der Waals surface area contributed by atoms with Crippen LogP contribution in [0, 0.1) is 5.92 Å². The lowest BCUT2D eigenvalue weighted by Gasteiger charge is -2.27. The summed E-state index contributed by atoms with van der Waals surface area (Å²) in [6, 6.07) is 8.96. The zero-order valence-corrected chi connectivity index (χ0v) is 12.4. The Labute approximate surface area is 120 Å². The molecule has 1 atom stereocenters. The molecule has 0 spiro atoms. The number of fused-ring (bicyclic) bond motifs is 1. The van der Waals surface area contributed by atoms with Gasteiger partial charge in [0.15, 0.2) is 0 Å². The summed E-state index contributed by atoms with van der Waals surface area (Å²) in [5.74, 6) is 1.65. The van der Waals surface area contributed by atoms with Gasteiger partial charge in [0.05, 0.1) is 6.54 Å². The summed E-state index contributed by atoms with van der Waals surface area (Å²) in [4.78, 5) is 2.60. The summed E-state index contributed by atoms with van der Waals surface area (Å²) >= 11 is 0. The van der Waals surface area contributed by atoms with Gasteiger partial charge in [-0.25, -0.2) is 0 Å². The molecule has 1 aromatic carbocycles. The van der Waals surface area contributed by atoms with Crippen LogP contribution < -0.4 is 5.73 Å². The minimum absolute atomic E-state index is 0.476. The highest BCUT2D eigenvalue weighted by Gasteiger charge is 2.28. The number of benzene rings is 1. The molecule has 0 aliphatic carbocycles. The summed E-state index contributed by atoms with van der Waals surface area (Å²) in [5.41, 5.74) is 8.12. The first-order chi connectivity index (χ1) is 9.70. The Morgan fingerprint density at radius 1 is 1.35 bits per heavy atom. The van der Waals surface area contributed by atoms with Crippen LogP contribution in [0.4, 0.5) is 0 Å². The molecule has 108 valence electrons. The van der Waals surface area contributed by atoms with Crippen molar-refractivity contribution in [1.29, 1.82) is 0 Å². The minimum atomic E-state index is 0.476. The molecule has 0 bridgehead atoms. The van der Waals surface area contributed by atoms with E-state index in [-0.39, 0.29) is 0 Å². The highest BCUT2D eigenvalue weighted by atomic mass is 16.3. The van der Waals surface area contributed by atoms with Crippen molar-refractivity contribution in [3.63, 3.8) is 0 Å². The molecule has 1 aliphatic heterocycles. The maximum atomic E-state index is 5.90. The summed E-state index contributed by atoms with van der Waals surface area (Å²) in [7, 11) is 0. The molecule has 20 heavy (non-hydrogen) atoms. The van der Waals surface area contributed by atoms with E-state index in [1.807, 2.05) is 12.1 Å². The number of hydrogen-bond acceptors (Lipinski definition) is 3. The van der Waals surface area contributed by atoms with E-state index in [2.05, 4.69) is 30.9 Å². The first-order valence-electron chi connectivity index (χ1n) is 7.64. The van der Waals surface area contributed by atoms with Crippen molar-refractivity contribution in [1.82, 2.24) is 4.90 Å². The molecule has 3 rings (SSSR count). The van der Waals surface area contributed by atoms with Crippen molar-refractivity contribution < 1.29 is 4.42 Å². The third-order valence-electron chi connectivity index (χ3n) is 4.51. The van der Waals surface area contributed by atoms with Gasteiger partial charge in [-0.1, -0.05) is 32.0 Å². The first kappa shape index (κ1) is 13.7. The first-order valence-corrected chi connectivity index (χ1v) is 7.64. The average Bonchev–Trinajstić information content (AvgIpc) is 3.04. The Morgan fingerprint density at radius 3 is 2.90 bits per heavy atom. The summed E-state index contributed by atoms with van der Waals surface area (Å²) in [6.45, 7) is 7.27. The van der Waals surface area contributed by atoms with Crippen LogP contribution in [0.2, 0.25) is 0 Å². The van der Waals surface area contributed by atoms with Gasteiger partial charge >= 0.3 is 0 Å². The topological polar surface area (TPSA) is 42.4 Å². The molecule has 0 radical (unpaired) electrons. The van der Waals surface area contributed by atoms with Gasteiger partial charge in [-0.05, 0) is 31.4 Å². The minimum Gasteiger partial charge on any atom is -0.459 e. The quantitative estimate of drug-likeness (QED) is 0.926. The highest BCUT2D eigenvalue weighted by Crippen LogP contribution is 2.31. The highest BCUT2D eigenvalue weighted by molar-refractivity contribution is 5.82. The van der Waals surface area contributed by atoms with Crippen LogP contribution in [0.3, 0.4) is 0 Å². The van der Waals surface area contributed by atoms with Crippen LogP contribution >= 0.6 is 0 Å². The standard InChI is InChI=1S/C17H24N2O/c1-12(2)15-7-5-9-19(15)11-14-13-6-3-4-8-16(13)20-17(14)10-18/h3-4,6,8,12,15H,5,7,9-11,18H2,1-2H3. The lowest BCUT2D eigenvalue weighted by molar-refractivity contribution is 0.198. The molecule has 0 saturated carbocycles. The van der Waals surface area contributed by atoms with E-state index in [1.165, 1.54) is 30.3 Å². The smallest absolute Gasteiger partial charge is 0.134 e. The molecular weight excluding hydrogens is 248 g/mol. The third-order valence-corrected chi connectivity index (χ3v) is 4.51. The predicted molar refractivity (Wildman–Crippen MR) is 82.4 cm³/mol. The molecule has 1 fully saturated rings. The van der Waals surface area contributed by atoms with E-state index < -0.39 is 0 Å². The monoisotopic (exact) mass is 272 g/mol. The van der Waals surface area contributed by atoms with Crippen LogP contribution in [0.1, 0.15) is 38.0 Å². The Hall–Kier alpha value is -1.32. The zero-order valence-electron chi connectivity index (χ0n) is 12.4. The predicted octanol–water partition coefficient (Wildman–Crippen LogP) is 3.51. The van der Waals surface area contributed by atoms with Gasteiger partial charge in [0.1, 0.15) is 11.3 Å². The molecule has 1 unspecified atom stereocenters. The summed E-state index contributed by atoms with van der Waals surface area (Å²) in [6.07, 6.45) is 2.61. The molecule has 1 saturated heterocycles. The second kappa shape index (κ2) is 5.58. The van der Waals surface area contributed by atoms with Crippen molar-refractivity contribution in [2.24, 2.45) is 11.7 Å². The van der Waals surface area contributed by atoms with Crippen molar-refractivity contribution in [2.75, 3.05) is 6.54 Å². The van der Waals surface area contributed by atoms with E-state index in [1.54, 1.807) is 0 Å². The van der Waals surface area contributed by atoms with Gasteiger partial charge in [-0.2, -0.15) is 0 Å². The van der Waals surface area contributed by atoms with Crippen molar-refractivity contribution in [3.8, 4) is 0 Å². The van der Waals surface area contributed by atoms with E-state index in [0.29, 0.717) is 18.5 Å². The zero-order chi connectivity index (χ0) is 14.1. The molecule has 1 aliphatic rings. The molecular formula is C17H24N2O. The number of para-hydroxylation sites is 1. The van der Waals surface area contributed by atoms with Crippen LogP contribution in [0.15, 0.2) is 28.7 Å². The van der Waals surface area contributed by atoms with Crippen LogP contribution in [0.5, 0.6) is 0 Å². The molecule has 0 amide bonds. The fraction of sp³-hybridized carbons (Fsp3) is 0.529. The lowest BCUT2D eigenvalue weighted by atomic mass is 10.0. The largest absolute Gasteiger partial charge is 0.459 e. The van der Waals surface area contributed by atoms with Crippen LogP contribution in [0.25, 0.3) is 11.0 Å². The van der Waals surface area contributed by atoms with Crippen LogP contribution in [-0.2, 0) is 13.1 Å². The van der Waals surface area contributed by atoms with Gasteiger partial charge < -0.3 is 10.2 Å². The maximum absolute atomic E-state index is 5.90. The Kier molecular flexibility index (Phi) is 3.81. The van der Waals surface area contributed by atoms with Crippen molar-refractivity contribution >= 4 is 11.0 Å². The number of nitrogens with zero attached hydrogens (tertiary/aromatic N) is 1. The molecule has 3 nitrogen and oxygen atoms in total. The van der Waals surface area contributed by atoms with Gasteiger partial charge in [0.2, 0.25) is 0 Å². The molecule has 2 aromatic rings. The fourth-order valence-corrected chi connectivity index (χ4v) is 3.49. The van der Waals surface area contributed by atoms with E-state index >= 15 is 0 Å². The van der Waals surface area contributed by atoms with Crippen molar-refractivity contribution in [2.45, 2.75) is 45.8 Å². The SMILES string of the molecule is CC(C)C1CCCN1Cc1c(CN)oc2ccccc12. The molecule has 1 aromatic heterocycles. The van der Waals surface area contributed by atoms with E-state index in [0.717, 1.165) is 17.9 Å². The van der Waals surface area contributed by atoms with E-state index in [4.69, 9.17) is 10.2 Å². The van der Waals surface area contributed by atoms with Gasteiger partial charge in [0.25, 0.3) is 0 Å². The number of likely N-dealkylation sites (tertiary alicyclic amines) is 1. The normalized spacial score (nSPS) is 20.3. The van der Waals surface area contributed by atoms with Crippen LogP contribution in [-0.4, -0.2) is 17.5 Å². The number of furan rings is 1. The Balaban J connectivity index is 1.93. The molecule has 2 heterocycles. The second-order valence-corrected chi connectivity index (χ2v) is 6.13. The summed E-state index contributed by atoms with van der Waals surface area (Å²) < 4.78 is 5.90. The van der Waals surface area contributed by atoms with Crippen molar-refractivity contribution in [3.05, 3.63) is 35.6 Å². The van der Waals surface area contributed by atoms with Gasteiger partial charge in [0, 0.05) is 23.5 Å². The Morgan fingerprint density at radius 2 is 2.15 bits per heavy atom. The van der Waals surface area contributed by atoms with Gasteiger partial charge in [-0.3, -0.25) is 4.90 Å².